The highest BCUT2D eigenvalue weighted by atomic mass is 16.5. The molecular formula is C11H14N2O. The van der Waals surface area contributed by atoms with Crippen LogP contribution in [0.2, 0.25) is 0 Å². The van der Waals surface area contributed by atoms with E-state index in [1.54, 1.807) is 7.11 Å². The van der Waals surface area contributed by atoms with Gasteiger partial charge in [-0.25, -0.2) is 0 Å². The first-order chi connectivity index (χ1) is 6.72. The third-order valence-electron chi connectivity index (χ3n) is 2.41. The molecule has 0 spiro atoms. The molecule has 0 radical (unpaired) electrons. The number of H-pyrrole nitrogens is 1. The second kappa shape index (κ2) is 3.33. The molecule has 0 aliphatic heterocycles. The number of nitrogens with one attached hydrogen (secondary N) is 1. The standard InChI is InChI=1S/C11H14N2O/c1-7(2)9-4-8-6-12-13-10(8)5-11(9)14-3/h4-7H,1-3H3,(H,12,13). The highest BCUT2D eigenvalue weighted by Gasteiger charge is 2.09. The van der Waals surface area contributed by atoms with Gasteiger partial charge in [0.25, 0.3) is 0 Å². The molecule has 1 aromatic carbocycles. The number of hydrogen-bond acceptors (Lipinski definition) is 2. The van der Waals surface area contributed by atoms with Gasteiger partial charge >= 0.3 is 0 Å². The predicted octanol–water partition coefficient (Wildman–Crippen LogP) is 2.69. The number of ether oxygens (including phenoxy) is 1. The van der Waals surface area contributed by atoms with Crippen LogP contribution in [0, 0.1) is 0 Å². The number of aromatic nitrogens is 2. The molecule has 0 unspecified atom stereocenters. The van der Waals surface area contributed by atoms with E-state index in [-0.39, 0.29) is 0 Å². The van der Waals surface area contributed by atoms with Gasteiger partial charge in [-0.3, -0.25) is 5.10 Å². The zero-order chi connectivity index (χ0) is 10.1. The van der Waals surface area contributed by atoms with Crippen LogP contribution in [0.15, 0.2) is 18.3 Å². The van der Waals surface area contributed by atoms with Crippen molar-refractivity contribution >= 4 is 10.9 Å². The van der Waals surface area contributed by atoms with E-state index in [2.05, 4.69) is 30.1 Å². The van der Waals surface area contributed by atoms with Crippen LogP contribution in [-0.4, -0.2) is 17.3 Å². The second-order valence-electron chi connectivity index (χ2n) is 3.71. The molecule has 1 aromatic heterocycles. The first-order valence-electron chi connectivity index (χ1n) is 4.73. The number of fused-ring (bicyclic) bond motifs is 1. The number of rotatable bonds is 2. The molecule has 3 nitrogen and oxygen atoms in total. The van der Waals surface area contributed by atoms with Gasteiger partial charge in [-0.15, -0.1) is 0 Å². The Bertz CT molecular complexity index is 445. The molecule has 0 aliphatic carbocycles. The van der Waals surface area contributed by atoms with Gasteiger partial charge in [-0.1, -0.05) is 13.8 Å². The average molecular weight is 190 g/mol. The minimum atomic E-state index is 0.462. The zero-order valence-corrected chi connectivity index (χ0v) is 8.66. The number of benzene rings is 1. The summed E-state index contributed by atoms with van der Waals surface area (Å²) >= 11 is 0. The van der Waals surface area contributed by atoms with Crippen molar-refractivity contribution in [2.75, 3.05) is 7.11 Å². The van der Waals surface area contributed by atoms with Crippen molar-refractivity contribution in [3.8, 4) is 5.75 Å². The Hall–Kier alpha value is -1.51. The highest BCUT2D eigenvalue weighted by molar-refractivity contribution is 5.81. The summed E-state index contributed by atoms with van der Waals surface area (Å²) in [7, 11) is 1.70. The van der Waals surface area contributed by atoms with E-state index < -0.39 is 0 Å². The van der Waals surface area contributed by atoms with E-state index in [0.717, 1.165) is 16.7 Å². The lowest BCUT2D eigenvalue weighted by molar-refractivity contribution is 0.408. The molecular weight excluding hydrogens is 176 g/mol. The van der Waals surface area contributed by atoms with Gasteiger partial charge < -0.3 is 4.74 Å². The molecule has 0 fully saturated rings. The molecule has 74 valence electrons. The molecule has 14 heavy (non-hydrogen) atoms. The van der Waals surface area contributed by atoms with Crippen molar-refractivity contribution in [3.63, 3.8) is 0 Å². The van der Waals surface area contributed by atoms with Gasteiger partial charge in [-0.05, 0) is 17.5 Å². The fourth-order valence-corrected chi connectivity index (χ4v) is 1.62. The third-order valence-corrected chi connectivity index (χ3v) is 2.41. The van der Waals surface area contributed by atoms with E-state index in [1.165, 1.54) is 5.56 Å². The molecule has 0 saturated heterocycles. The molecule has 0 bridgehead atoms. The highest BCUT2D eigenvalue weighted by Crippen LogP contribution is 2.30. The summed E-state index contributed by atoms with van der Waals surface area (Å²) in [5, 5.41) is 8.06. The lowest BCUT2D eigenvalue weighted by Crippen LogP contribution is -1.93. The predicted molar refractivity (Wildman–Crippen MR) is 56.7 cm³/mol. The van der Waals surface area contributed by atoms with Crippen LogP contribution in [0.4, 0.5) is 0 Å². The summed E-state index contributed by atoms with van der Waals surface area (Å²) in [6.45, 7) is 4.31. The third kappa shape index (κ3) is 1.35. The summed E-state index contributed by atoms with van der Waals surface area (Å²) < 4.78 is 5.34. The number of methoxy groups -OCH3 is 1. The van der Waals surface area contributed by atoms with Crippen molar-refractivity contribution in [3.05, 3.63) is 23.9 Å². The summed E-state index contributed by atoms with van der Waals surface area (Å²) in [5.41, 5.74) is 2.24. The Kier molecular flexibility index (Phi) is 2.15. The van der Waals surface area contributed by atoms with Crippen LogP contribution in [-0.2, 0) is 0 Å². The Morgan fingerprint density at radius 3 is 2.79 bits per heavy atom. The fraction of sp³-hybridized carbons (Fsp3) is 0.364. The molecule has 1 heterocycles. The van der Waals surface area contributed by atoms with Gasteiger partial charge in [0.2, 0.25) is 0 Å². The van der Waals surface area contributed by atoms with Gasteiger partial charge in [0.05, 0.1) is 18.8 Å². The smallest absolute Gasteiger partial charge is 0.124 e. The van der Waals surface area contributed by atoms with E-state index in [4.69, 9.17) is 4.74 Å². The minimum absolute atomic E-state index is 0.462. The largest absolute Gasteiger partial charge is 0.496 e. The topological polar surface area (TPSA) is 37.9 Å². The van der Waals surface area contributed by atoms with E-state index >= 15 is 0 Å². The Morgan fingerprint density at radius 1 is 1.36 bits per heavy atom. The van der Waals surface area contributed by atoms with Crippen molar-refractivity contribution in [1.29, 1.82) is 0 Å². The maximum absolute atomic E-state index is 5.34. The monoisotopic (exact) mass is 190 g/mol. The van der Waals surface area contributed by atoms with Gasteiger partial charge in [-0.2, -0.15) is 5.10 Å². The Labute approximate surface area is 83.1 Å². The first kappa shape index (κ1) is 9.06. The lowest BCUT2D eigenvalue weighted by Gasteiger charge is -2.11. The maximum atomic E-state index is 5.34. The van der Waals surface area contributed by atoms with Crippen molar-refractivity contribution < 1.29 is 4.74 Å². The molecule has 2 rings (SSSR count). The number of nitrogens with zero attached hydrogens (tertiary/aromatic N) is 1. The first-order valence-corrected chi connectivity index (χ1v) is 4.73. The van der Waals surface area contributed by atoms with E-state index in [9.17, 15) is 0 Å². The van der Waals surface area contributed by atoms with E-state index in [0.29, 0.717) is 5.92 Å². The van der Waals surface area contributed by atoms with Gasteiger partial charge in [0.1, 0.15) is 5.75 Å². The summed E-state index contributed by atoms with van der Waals surface area (Å²) in [6, 6.07) is 4.12. The maximum Gasteiger partial charge on any atom is 0.124 e. The Morgan fingerprint density at radius 2 is 2.14 bits per heavy atom. The lowest BCUT2D eigenvalue weighted by atomic mass is 10.0. The summed E-state index contributed by atoms with van der Waals surface area (Å²) in [4.78, 5) is 0. The summed E-state index contributed by atoms with van der Waals surface area (Å²) in [6.07, 6.45) is 1.83. The summed E-state index contributed by atoms with van der Waals surface area (Å²) in [5.74, 6) is 1.39. The normalized spacial score (nSPS) is 11.1. The van der Waals surface area contributed by atoms with Crippen LogP contribution in [0.3, 0.4) is 0 Å². The SMILES string of the molecule is COc1cc2[nH]ncc2cc1C(C)C. The van der Waals surface area contributed by atoms with Crippen molar-refractivity contribution in [2.24, 2.45) is 0 Å². The van der Waals surface area contributed by atoms with Crippen LogP contribution in [0.1, 0.15) is 25.3 Å². The van der Waals surface area contributed by atoms with Crippen molar-refractivity contribution in [2.45, 2.75) is 19.8 Å². The number of hydrogen-bond donors (Lipinski definition) is 1. The molecule has 0 aliphatic rings. The van der Waals surface area contributed by atoms with Crippen LogP contribution in [0.25, 0.3) is 10.9 Å². The molecule has 2 aromatic rings. The van der Waals surface area contributed by atoms with Crippen LogP contribution >= 0.6 is 0 Å². The van der Waals surface area contributed by atoms with E-state index in [1.807, 2.05) is 12.3 Å². The molecule has 0 amide bonds. The molecule has 3 heteroatoms. The van der Waals surface area contributed by atoms with Crippen LogP contribution in [0.5, 0.6) is 5.75 Å². The Balaban J connectivity index is 2.66. The number of aromatic amines is 1. The molecule has 0 atom stereocenters. The van der Waals surface area contributed by atoms with Crippen LogP contribution < -0.4 is 4.74 Å². The fourth-order valence-electron chi connectivity index (χ4n) is 1.62. The minimum Gasteiger partial charge on any atom is -0.496 e. The average Bonchev–Trinajstić information content (AvgIpc) is 2.62. The molecule has 1 N–H and O–H groups in total. The van der Waals surface area contributed by atoms with Gasteiger partial charge in [0, 0.05) is 11.5 Å². The molecule has 0 saturated carbocycles. The van der Waals surface area contributed by atoms with Crippen molar-refractivity contribution in [1.82, 2.24) is 10.2 Å². The quantitative estimate of drug-likeness (QED) is 0.790. The van der Waals surface area contributed by atoms with Gasteiger partial charge in [0.15, 0.2) is 0 Å². The second-order valence-corrected chi connectivity index (χ2v) is 3.71. The zero-order valence-electron chi connectivity index (χ0n) is 8.66.